The molecule has 0 N–H and O–H groups in total. The van der Waals surface area contributed by atoms with E-state index in [-0.39, 0.29) is 20.1 Å². The molecule has 0 fully saturated rings. The zero-order valence-electron chi connectivity index (χ0n) is 36.7. The summed E-state index contributed by atoms with van der Waals surface area (Å²) in [6.45, 7) is 0. The summed E-state index contributed by atoms with van der Waals surface area (Å²) in [6.07, 6.45) is 11.1. The van der Waals surface area contributed by atoms with Gasteiger partial charge in [0.25, 0.3) is 0 Å². The first-order valence-electron chi connectivity index (χ1n) is 22.2. The largest absolute Gasteiger partial charge is 0.265 e. The second kappa shape index (κ2) is 21.2. The van der Waals surface area contributed by atoms with Gasteiger partial charge in [-0.25, -0.2) is 0 Å². The van der Waals surface area contributed by atoms with Gasteiger partial charge in [-0.1, -0.05) is 200 Å². The molecule has 0 atom stereocenters. The molecule has 0 amide bonds. The molecule has 0 saturated carbocycles. The van der Waals surface area contributed by atoms with Crippen LogP contribution in [-0.4, -0.2) is 15.0 Å². The van der Waals surface area contributed by atoms with E-state index >= 15 is 0 Å². The first-order valence-corrected chi connectivity index (χ1v) is 22.2. The topological polar surface area (TPSA) is 38.7 Å². The quantitative estimate of drug-likeness (QED) is 0.167. The zero-order valence-corrected chi connectivity index (χ0v) is 39.1. The fraction of sp³-hybridized carbons (Fsp3) is 0. The van der Waals surface area contributed by atoms with Gasteiger partial charge in [0.2, 0.25) is 0 Å². The molecule has 3 heterocycles. The van der Waals surface area contributed by atoms with Gasteiger partial charge >= 0.3 is 0 Å². The third-order valence-corrected chi connectivity index (χ3v) is 11.9. The van der Waals surface area contributed by atoms with E-state index < -0.39 is 0 Å². The van der Waals surface area contributed by atoms with Crippen LogP contribution in [0.1, 0.15) is 0 Å². The number of pyridine rings is 3. The molecule has 321 valence electrons. The Morgan fingerprint density at radius 3 is 0.582 bits per heavy atom. The van der Waals surface area contributed by atoms with Gasteiger partial charge in [0.05, 0.1) is 0 Å². The smallest absolute Gasteiger partial charge is 0.0273 e. The van der Waals surface area contributed by atoms with Gasteiger partial charge < -0.3 is 0 Å². The number of fused-ring (bicyclic) bond motifs is 3. The van der Waals surface area contributed by atoms with Crippen molar-refractivity contribution in [2.24, 2.45) is 0 Å². The van der Waals surface area contributed by atoms with Crippen molar-refractivity contribution < 1.29 is 20.1 Å². The van der Waals surface area contributed by atoms with E-state index in [0.717, 1.165) is 0 Å². The van der Waals surface area contributed by atoms with Crippen LogP contribution >= 0.6 is 0 Å². The van der Waals surface area contributed by atoms with Crippen molar-refractivity contribution in [1.29, 1.82) is 0 Å². The summed E-state index contributed by atoms with van der Waals surface area (Å²) in [5.41, 5.74) is 14.9. The average molecular weight is 1040 g/mol. The molecule has 0 spiro atoms. The zero-order chi connectivity index (χ0) is 44.3. The first kappa shape index (κ1) is 44.1. The Labute approximate surface area is 405 Å². The molecule has 0 saturated heterocycles. The van der Waals surface area contributed by atoms with E-state index in [9.17, 15) is 0 Å². The minimum atomic E-state index is 0. The van der Waals surface area contributed by atoms with Gasteiger partial charge in [-0.3, -0.25) is 15.0 Å². The van der Waals surface area contributed by atoms with E-state index in [1.54, 1.807) is 0 Å². The van der Waals surface area contributed by atoms with Gasteiger partial charge in [-0.05, 0) is 135 Å². The van der Waals surface area contributed by atoms with Crippen LogP contribution in [0.15, 0.2) is 274 Å². The van der Waals surface area contributed by atoms with Crippen molar-refractivity contribution in [2.75, 3.05) is 0 Å². The second-order valence-corrected chi connectivity index (χ2v) is 15.9. The van der Waals surface area contributed by atoms with Crippen LogP contribution in [0.4, 0.5) is 0 Å². The van der Waals surface area contributed by atoms with Gasteiger partial charge in [-0.15, -0.1) is 0 Å². The van der Waals surface area contributed by atoms with Crippen molar-refractivity contribution in [3.63, 3.8) is 0 Å². The normalized spacial score (nSPS) is 10.6. The molecular formula is C63H45IrN3. The fourth-order valence-corrected chi connectivity index (χ4v) is 8.91. The number of benzene rings is 9. The summed E-state index contributed by atoms with van der Waals surface area (Å²) < 4.78 is 0. The van der Waals surface area contributed by atoms with Crippen LogP contribution in [0, 0.1) is 0 Å². The van der Waals surface area contributed by atoms with E-state index in [2.05, 4.69) is 252 Å². The van der Waals surface area contributed by atoms with E-state index in [1.807, 2.05) is 37.2 Å². The molecule has 12 aromatic rings. The SMILES string of the molecule is [Ir].c1ccc(-c2cccc3cccc(-c4ccncc4)c23)cc1.c1ccc(-c2cccc3cccc(-c4ccncc4)c23)cc1.c1ccc(-c2cccc3cccc(-c4ccncc4)c23)cc1. The van der Waals surface area contributed by atoms with Crippen LogP contribution in [0.5, 0.6) is 0 Å². The van der Waals surface area contributed by atoms with E-state index in [4.69, 9.17) is 0 Å². The minimum Gasteiger partial charge on any atom is -0.265 e. The predicted molar refractivity (Wildman–Crippen MR) is 278 cm³/mol. The van der Waals surface area contributed by atoms with Crippen molar-refractivity contribution >= 4 is 32.3 Å². The molecule has 67 heavy (non-hydrogen) atoms. The summed E-state index contributed by atoms with van der Waals surface area (Å²) in [5, 5.41) is 7.66. The standard InChI is InChI=1S/3C21H15N.Ir/c3*1-2-6-16(7-3-1)19-10-4-8-18-9-5-11-20(21(18)19)17-12-14-22-15-13-17;/h3*1-15H;. The van der Waals surface area contributed by atoms with E-state index in [1.165, 1.54) is 99.1 Å². The minimum absolute atomic E-state index is 0. The maximum absolute atomic E-state index is 4.13. The Hall–Kier alpha value is -8.14. The second-order valence-electron chi connectivity index (χ2n) is 15.9. The molecular weight excluding hydrogens is 991 g/mol. The fourth-order valence-electron chi connectivity index (χ4n) is 8.91. The maximum Gasteiger partial charge on any atom is 0.0273 e. The van der Waals surface area contributed by atoms with E-state index in [0.29, 0.717) is 0 Å². The molecule has 3 aromatic heterocycles. The molecule has 9 aromatic carbocycles. The summed E-state index contributed by atoms with van der Waals surface area (Å²) in [7, 11) is 0. The molecule has 0 aliphatic heterocycles. The number of rotatable bonds is 6. The monoisotopic (exact) mass is 1040 g/mol. The molecule has 0 aliphatic rings. The molecule has 4 heteroatoms. The van der Waals surface area contributed by atoms with Crippen molar-refractivity contribution in [3.05, 3.63) is 274 Å². The Morgan fingerprint density at radius 1 is 0.179 bits per heavy atom. The van der Waals surface area contributed by atoms with Crippen LogP contribution < -0.4 is 0 Å². The number of aromatic nitrogens is 3. The summed E-state index contributed by atoms with van der Waals surface area (Å²) in [5.74, 6) is 0. The van der Waals surface area contributed by atoms with Crippen molar-refractivity contribution in [3.8, 4) is 66.8 Å². The number of hydrogen-bond donors (Lipinski definition) is 0. The molecule has 0 bridgehead atoms. The van der Waals surface area contributed by atoms with Gasteiger partial charge in [0, 0.05) is 57.3 Å². The van der Waals surface area contributed by atoms with Crippen molar-refractivity contribution in [1.82, 2.24) is 15.0 Å². The Kier molecular flexibility index (Phi) is 14.0. The third-order valence-electron chi connectivity index (χ3n) is 11.9. The molecule has 12 rings (SSSR count). The van der Waals surface area contributed by atoms with Gasteiger partial charge in [0.15, 0.2) is 0 Å². The molecule has 0 unspecified atom stereocenters. The van der Waals surface area contributed by atoms with Crippen LogP contribution in [0.25, 0.3) is 99.1 Å². The summed E-state index contributed by atoms with van der Waals surface area (Å²) in [6, 6.07) is 83.0. The van der Waals surface area contributed by atoms with Crippen LogP contribution in [0.2, 0.25) is 0 Å². The number of nitrogens with zero attached hydrogens (tertiary/aromatic N) is 3. The predicted octanol–water partition coefficient (Wildman–Crippen LogP) is 16.7. The van der Waals surface area contributed by atoms with Crippen LogP contribution in [-0.2, 0) is 20.1 Å². The Bertz CT molecular complexity index is 2900. The molecule has 0 aliphatic carbocycles. The molecule has 1 radical (unpaired) electrons. The number of hydrogen-bond acceptors (Lipinski definition) is 3. The van der Waals surface area contributed by atoms with Gasteiger partial charge in [0.1, 0.15) is 0 Å². The molecule has 3 nitrogen and oxygen atoms in total. The summed E-state index contributed by atoms with van der Waals surface area (Å²) in [4.78, 5) is 12.4. The van der Waals surface area contributed by atoms with Crippen molar-refractivity contribution in [2.45, 2.75) is 0 Å². The Morgan fingerprint density at radius 2 is 0.373 bits per heavy atom. The van der Waals surface area contributed by atoms with Gasteiger partial charge in [-0.2, -0.15) is 0 Å². The average Bonchev–Trinajstić information content (AvgIpc) is 3.41. The van der Waals surface area contributed by atoms with Crippen LogP contribution in [0.3, 0.4) is 0 Å². The Balaban J connectivity index is 0.000000125. The third kappa shape index (κ3) is 9.78. The maximum atomic E-state index is 4.13. The first-order chi connectivity index (χ1) is 32.8. The summed E-state index contributed by atoms with van der Waals surface area (Å²) >= 11 is 0.